The lowest BCUT2D eigenvalue weighted by atomic mass is 9.85. The summed E-state index contributed by atoms with van der Waals surface area (Å²) in [6.45, 7) is 11.6. The third kappa shape index (κ3) is 4.23. The summed E-state index contributed by atoms with van der Waals surface area (Å²) in [6.07, 6.45) is 6.09. The van der Waals surface area contributed by atoms with Crippen molar-refractivity contribution in [1.29, 1.82) is 0 Å². The van der Waals surface area contributed by atoms with Crippen LogP contribution in [0.15, 0.2) is 48.1 Å². The van der Waals surface area contributed by atoms with Crippen molar-refractivity contribution in [1.82, 2.24) is 4.90 Å². The van der Waals surface area contributed by atoms with E-state index in [1.807, 2.05) is 12.1 Å². The zero-order valence-corrected chi connectivity index (χ0v) is 14.1. The van der Waals surface area contributed by atoms with E-state index < -0.39 is 0 Å². The molecule has 1 saturated heterocycles. The molecule has 1 aliphatic carbocycles. The summed E-state index contributed by atoms with van der Waals surface area (Å²) < 4.78 is 13.0. The van der Waals surface area contributed by atoms with Crippen LogP contribution in [0.5, 0.6) is 0 Å². The molecule has 3 rings (SSSR count). The first-order valence-electron chi connectivity index (χ1n) is 8.68. The maximum atomic E-state index is 13.0. The molecule has 2 nitrogen and oxygen atoms in total. The van der Waals surface area contributed by atoms with Crippen LogP contribution in [-0.4, -0.2) is 37.6 Å². The van der Waals surface area contributed by atoms with Crippen molar-refractivity contribution >= 4 is 5.69 Å². The van der Waals surface area contributed by atoms with E-state index in [0.29, 0.717) is 5.92 Å². The van der Waals surface area contributed by atoms with Gasteiger partial charge in [0.2, 0.25) is 0 Å². The minimum Gasteiger partial charge on any atom is -0.369 e. The summed E-state index contributed by atoms with van der Waals surface area (Å²) in [6, 6.07) is 6.86. The van der Waals surface area contributed by atoms with Crippen LogP contribution in [0.1, 0.15) is 26.2 Å². The Bertz CT molecular complexity index is 568. The molecule has 3 heteroatoms. The van der Waals surface area contributed by atoms with Crippen LogP contribution >= 0.6 is 0 Å². The molecule has 1 aromatic carbocycles. The van der Waals surface area contributed by atoms with Gasteiger partial charge in [0.05, 0.1) is 0 Å². The number of anilines is 1. The van der Waals surface area contributed by atoms with E-state index in [0.717, 1.165) is 38.4 Å². The second-order valence-electron chi connectivity index (χ2n) is 6.92. The predicted octanol–water partition coefficient (Wildman–Crippen LogP) is 4.25. The van der Waals surface area contributed by atoms with Gasteiger partial charge in [-0.1, -0.05) is 23.8 Å². The van der Waals surface area contributed by atoms with Crippen molar-refractivity contribution in [2.24, 2.45) is 5.92 Å². The van der Waals surface area contributed by atoms with Gasteiger partial charge in [0, 0.05) is 38.4 Å². The first kappa shape index (κ1) is 16.3. The summed E-state index contributed by atoms with van der Waals surface area (Å²) in [5.41, 5.74) is 4.05. The quantitative estimate of drug-likeness (QED) is 0.767. The predicted molar refractivity (Wildman–Crippen MR) is 95.3 cm³/mol. The van der Waals surface area contributed by atoms with Crippen LogP contribution in [0.2, 0.25) is 0 Å². The summed E-state index contributed by atoms with van der Waals surface area (Å²) in [5.74, 6) is 0.527. The highest BCUT2D eigenvalue weighted by atomic mass is 19.1. The van der Waals surface area contributed by atoms with Crippen molar-refractivity contribution in [3.8, 4) is 0 Å². The molecule has 23 heavy (non-hydrogen) atoms. The molecule has 0 aromatic heterocycles. The number of benzene rings is 1. The van der Waals surface area contributed by atoms with Gasteiger partial charge < -0.3 is 4.90 Å². The SMILES string of the molecule is C=C(C)[C@@H]1CC=C(CN2CCN(c3ccc(F)cc3)CC2)CC1. The van der Waals surface area contributed by atoms with Crippen LogP contribution in [0.4, 0.5) is 10.1 Å². The molecule has 0 saturated carbocycles. The van der Waals surface area contributed by atoms with E-state index in [1.165, 1.54) is 24.8 Å². The average Bonchev–Trinajstić information content (AvgIpc) is 2.57. The Morgan fingerprint density at radius 1 is 1.17 bits per heavy atom. The number of hydrogen-bond acceptors (Lipinski definition) is 2. The van der Waals surface area contributed by atoms with E-state index in [2.05, 4.69) is 29.4 Å². The highest BCUT2D eigenvalue weighted by Crippen LogP contribution is 2.28. The molecule has 0 N–H and O–H groups in total. The monoisotopic (exact) mass is 314 g/mol. The molecule has 1 aliphatic heterocycles. The second kappa shape index (κ2) is 7.31. The Morgan fingerprint density at radius 3 is 2.43 bits per heavy atom. The lowest BCUT2D eigenvalue weighted by Gasteiger charge is -2.37. The van der Waals surface area contributed by atoms with Gasteiger partial charge in [0.25, 0.3) is 0 Å². The molecule has 2 aliphatic rings. The molecule has 1 fully saturated rings. The number of allylic oxidation sites excluding steroid dienone is 2. The second-order valence-corrected chi connectivity index (χ2v) is 6.92. The van der Waals surface area contributed by atoms with Crippen molar-refractivity contribution in [3.63, 3.8) is 0 Å². The van der Waals surface area contributed by atoms with Crippen molar-refractivity contribution in [2.75, 3.05) is 37.6 Å². The summed E-state index contributed by atoms with van der Waals surface area (Å²) in [5, 5.41) is 0. The van der Waals surface area contributed by atoms with Gasteiger partial charge in [-0.15, -0.1) is 0 Å². The topological polar surface area (TPSA) is 6.48 Å². The fourth-order valence-electron chi connectivity index (χ4n) is 3.58. The van der Waals surface area contributed by atoms with Gasteiger partial charge in [-0.2, -0.15) is 0 Å². The number of rotatable bonds is 4. The zero-order valence-electron chi connectivity index (χ0n) is 14.1. The van der Waals surface area contributed by atoms with Gasteiger partial charge in [-0.3, -0.25) is 4.90 Å². The zero-order chi connectivity index (χ0) is 16.2. The molecule has 1 atom stereocenters. The van der Waals surface area contributed by atoms with E-state index in [-0.39, 0.29) is 5.82 Å². The molecular weight excluding hydrogens is 287 g/mol. The summed E-state index contributed by atoms with van der Waals surface area (Å²) >= 11 is 0. The maximum absolute atomic E-state index is 13.0. The number of piperazine rings is 1. The van der Waals surface area contributed by atoms with E-state index in [1.54, 1.807) is 17.7 Å². The standard InChI is InChI=1S/C20H27FN2/c1-16(2)18-5-3-17(4-6-18)15-22-11-13-23(14-12-22)20-9-7-19(21)8-10-20/h3,7-10,18H,1,4-6,11-15H2,2H3/t18-/m1/s1. The van der Waals surface area contributed by atoms with Crippen LogP contribution in [0.25, 0.3) is 0 Å². The fourth-order valence-corrected chi connectivity index (χ4v) is 3.58. The van der Waals surface area contributed by atoms with E-state index >= 15 is 0 Å². The Hall–Kier alpha value is -1.61. The molecular formula is C20H27FN2. The summed E-state index contributed by atoms with van der Waals surface area (Å²) in [7, 11) is 0. The smallest absolute Gasteiger partial charge is 0.123 e. The van der Waals surface area contributed by atoms with E-state index in [9.17, 15) is 4.39 Å². The van der Waals surface area contributed by atoms with Crippen LogP contribution < -0.4 is 4.90 Å². The molecule has 0 spiro atoms. The Morgan fingerprint density at radius 2 is 1.87 bits per heavy atom. The average molecular weight is 314 g/mol. The normalized spacial score (nSPS) is 22.8. The lowest BCUT2D eigenvalue weighted by Crippen LogP contribution is -2.47. The molecule has 1 heterocycles. The van der Waals surface area contributed by atoms with Crippen LogP contribution in [-0.2, 0) is 0 Å². The molecule has 0 unspecified atom stereocenters. The Balaban J connectivity index is 1.48. The minimum absolute atomic E-state index is 0.162. The van der Waals surface area contributed by atoms with Gasteiger partial charge in [-0.25, -0.2) is 4.39 Å². The summed E-state index contributed by atoms with van der Waals surface area (Å²) in [4.78, 5) is 4.90. The Kier molecular flexibility index (Phi) is 5.16. The third-order valence-corrected chi connectivity index (χ3v) is 5.19. The van der Waals surface area contributed by atoms with Gasteiger partial charge >= 0.3 is 0 Å². The molecule has 0 amide bonds. The first-order chi connectivity index (χ1) is 11.1. The molecule has 0 radical (unpaired) electrons. The van der Waals surface area contributed by atoms with Gasteiger partial charge in [0.15, 0.2) is 0 Å². The maximum Gasteiger partial charge on any atom is 0.123 e. The van der Waals surface area contributed by atoms with Crippen LogP contribution in [0, 0.1) is 11.7 Å². The van der Waals surface area contributed by atoms with E-state index in [4.69, 9.17) is 0 Å². The van der Waals surface area contributed by atoms with Gasteiger partial charge in [-0.05, 0) is 56.4 Å². The molecule has 124 valence electrons. The highest BCUT2D eigenvalue weighted by Gasteiger charge is 2.20. The Labute approximate surface area is 139 Å². The minimum atomic E-state index is -0.162. The van der Waals surface area contributed by atoms with Crippen LogP contribution in [0.3, 0.4) is 0 Å². The van der Waals surface area contributed by atoms with Crippen molar-refractivity contribution in [3.05, 3.63) is 53.9 Å². The van der Waals surface area contributed by atoms with Crippen molar-refractivity contribution in [2.45, 2.75) is 26.2 Å². The number of hydrogen-bond donors (Lipinski definition) is 0. The molecule has 1 aromatic rings. The molecule has 0 bridgehead atoms. The van der Waals surface area contributed by atoms with Gasteiger partial charge in [0.1, 0.15) is 5.82 Å². The number of halogens is 1. The lowest BCUT2D eigenvalue weighted by molar-refractivity contribution is 0.273. The highest BCUT2D eigenvalue weighted by molar-refractivity contribution is 5.46. The largest absolute Gasteiger partial charge is 0.369 e. The first-order valence-corrected chi connectivity index (χ1v) is 8.68. The third-order valence-electron chi connectivity index (χ3n) is 5.19. The number of nitrogens with zero attached hydrogens (tertiary/aromatic N) is 2. The fraction of sp³-hybridized carbons (Fsp3) is 0.500. The van der Waals surface area contributed by atoms with Crippen molar-refractivity contribution < 1.29 is 4.39 Å².